The van der Waals surface area contributed by atoms with Gasteiger partial charge in [0.05, 0.1) is 23.3 Å². The molecule has 1 N–H and O–H groups in total. The van der Waals surface area contributed by atoms with Crippen molar-refractivity contribution in [3.8, 4) is 11.3 Å². The number of benzene rings is 1. The molecule has 112 valence electrons. The summed E-state index contributed by atoms with van der Waals surface area (Å²) < 4.78 is 6.14. The minimum Gasteiger partial charge on any atom is -0.462 e. The van der Waals surface area contributed by atoms with Crippen LogP contribution in [0.25, 0.3) is 22.3 Å². The molecule has 0 fully saturated rings. The van der Waals surface area contributed by atoms with Crippen molar-refractivity contribution in [3.05, 3.63) is 46.1 Å². The molecule has 3 aromatic rings. The van der Waals surface area contributed by atoms with Gasteiger partial charge in [-0.3, -0.25) is 5.10 Å². The van der Waals surface area contributed by atoms with Crippen LogP contribution in [0.5, 0.6) is 0 Å². The molecule has 1 aromatic carbocycles. The molecule has 22 heavy (non-hydrogen) atoms. The Kier molecular flexibility index (Phi) is 3.94. The van der Waals surface area contributed by atoms with Crippen LogP contribution in [-0.2, 0) is 4.74 Å². The van der Waals surface area contributed by atoms with E-state index in [1.165, 1.54) is 0 Å². The van der Waals surface area contributed by atoms with Crippen molar-refractivity contribution < 1.29 is 9.53 Å². The van der Waals surface area contributed by atoms with E-state index in [0.717, 1.165) is 15.7 Å². The number of hydrogen-bond acceptors (Lipinski definition) is 4. The van der Waals surface area contributed by atoms with Gasteiger partial charge >= 0.3 is 5.97 Å². The fourth-order valence-electron chi connectivity index (χ4n) is 2.31. The molecule has 0 saturated carbocycles. The molecule has 0 aliphatic rings. The van der Waals surface area contributed by atoms with Gasteiger partial charge in [0.1, 0.15) is 0 Å². The normalized spacial score (nSPS) is 10.9. The number of ether oxygens (including phenoxy) is 1. The number of aryl methyl sites for hydroxylation is 1. The zero-order chi connectivity index (χ0) is 15.7. The minimum absolute atomic E-state index is 0.327. The average Bonchev–Trinajstić information content (AvgIpc) is 2.89. The Morgan fingerprint density at radius 2 is 2.05 bits per heavy atom. The second-order valence-electron chi connectivity index (χ2n) is 4.83. The highest BCUT2D eigenvalue weighted by molar-refractivity contribution is 9.10. The number of aromatic nitrogens is 3. The smallest absolute Gasteiger partial charge is 0.339 e. The number of nitrogens with zero attached hydrogens (tertiary/aromatic N) is 2. The van der Waals surface area contributed by atoms with Crippen LogP contribution >= 0.6 is 15.9 Å². The van der Waals surface area contributed by atoms with Gasteiger partial charge in [0.15, 0.2) is 5.65 Å². The monoisotopic (exact) mass is 359 g/mol. The second-order valence-corrected chi connectivity index (χ2v) is 5.75. The average molecular weight is 360 g/mol. The second kappa shape index (κ2) is 5.88. The van der Waals surface area contributed by atoms with Gasteiger partial charge in [-0.15, -0.1) is 0 Å². The first-order chi connectivity index (χ1) is 10.6. The molecular formula is C16H14BrN3O2. The molecule has 0 unspecified atom stereocenters. The SMILES string of the molecule is CCOC(=O)c1cc(-c2ccc(Br)cc2)nc2n[nH]c(C)c12. The van der Waals surface area contributed by atoms with E-state index in [-0.39, 0.29) is 5.97 Å². The van der Waals surface area contributed by atoms with E-state index in [9.17, 15) is 4.79 Å². The van der Waals surface area contributed by atoms with Gasteiger partial charge in [-0.05, 0) is 32.0 Å². The van der Waals surface area contributed by atoms with Crippen molar-refractivity contribution in [2.45, 2.75) is 13.8 Å². The molecule has 0 saturated heterocycles. The first-order valence-corrected chi connectivity index (χ1v) is 7.68. The molecule has 0 bridgehead atoms. The number of H-pyrrole nitrogens is 1. The van der Waals surface area contributed by atoms with E-state index in [2.05, 4.69) is 31.1 Å². The Morgan fingerprint density at radius 1 is 1.32 bits per heavy atom. The van der Waals surface area contributed by atoms with E-state index in [1.807, 2.05) is 31.2 Å². The lowest BCUT2D eigenvalue weighted by atomic mass is 10.1. The maximum atomic E-state index is 12.2. The Balaban J connectivity index is 2.20. The summed E-state index contributed by atoms with van der Waals surface area (Å²) in [7, 11) is 0. The van der Waals surface area contributed by atoms with Gasteiger partial charge in [-0.1, -0.05) is 28.1 Å². The zero-order valence-electron chi connectivity index (χ0n) is 12.2. The highest BCUT2D eigenvalue weighted by atomic mass is 79.9. The summed E-state index contributed by atoms with van der Waals surface area (Å²) in [6, 6.07) is 9.49. The summed E-state index contributed by atoms with van der Waals surface area (Å²) in [5, 5.41) is 7.75. The Hall–Kier alpha value is -2.21. The number of nitrogens with one attached hydrogen (secondary N) is 1. The maximum absolute atomic E-state index is 12.2. The number of aromatic amines is 1. The number of fused-ring (bicyclic) bond motifs is 1. The molecular weight excluding hydrogens is 346 g/mol. The highest BCUT2D eigenvalue weighted by Crippen LogP contribution is 2.27. The van der Waals surface area contributed by atoms with Crippen LogP contribution in [0.2, 0.25) is 0 Å². The summed E-state index contributed by atoms with van der Waals surface area (Å²) in [4.78, 5) is 16.8. The van der Waals surface area contributed by atoms with Crippen molar-refractivity contribution in [1.82, 2.24) is 15.2 Å². The molecule has 0 aliphatic heterocycles. The molecule has 3 rings (SSSR count). The van der Waals surface area contributed by atoms with Crippen molar-refractivity contribution in [1.29, 1.82) is 0 Å². The van der Waals surface area contributed by atoms with Crippen LogP contribution in [0.1, 0.15) is 23.0 Å². The predicted molar refractivity (Wildman–Crippen MR) is 87.7 cm³/mol. The third kappa shape index (κ3) is 2.62. The van der Waals surface area contributed by atoms with Gasteiger partial charge in [-0.2, -0.15) is 5.10 Å². The standard InChI is InChI=1S/C16H14BrN3O2/c1-3-22-16(21)12-8-13(10-4-6-11(17)7-5-10)18-15-14(12)9(2)19-20-15/h4-8H,3H2,1-2H3,(H,18,19,20). The molecule has 0 aliphatic carbocycles. The number of esters is 1. The molecule has 0 spiro atoms. The van der Waals surface area contributed by atoms with Gasteiger partial charge in [0.2, 0.25) is 0 Å². The summed E-state index contributed by atoms with van der Waals surface area (Å²) in [5.41, 5.74) is 3.40. The lowest BCUT2D eigenvalue weighted by Gasteiger charge is -2.07. The van der Waals surface area contributed by atoms with E-state index in [0.29, 0.717) is 28.9 Å². The van der Waals surface area contributed by atoms with Crippen LogP contribution in [0.15, 0.2) is 34.8 Å². The molecule has 6 heteroatoms. The van der Waals surface area contributed by atoms with Gasteiger partial charge in [0.25, 0.3) is 0 Å². The number of carbonyl (C=O) groups excluding carboxylic acids is 1. The quantitative estimate of drug-likeness (QED) is 0.720. The van der Waals surface area contributed by atoms with Crippen molar-refractivity contribution in [2.24, 2.45) is 0 Å². The van der Waals surface area contributed by atoms with Crippen LogP contribution in [0, 0.1) is 6.92 Å². The lowest BCUT2D eigenvalue weighted by Crippen LogP contribution is -2.06. The van der Waals surface area contributed by atoms with Crippen LogP contribution in [0.3, 0.4) is 0 Å². The van der Waals surface area contributed by atoms with Crippen molar-refractivity contribution in [3.63, 3.8) is 0 Å². The summed E-state index contributed by atoms with van der Waals surface area (Å²) in [6.07, 6.45) is 0. The van der Waals surface area contributed by atoms with E-state index in [4.69, 9.17) is 4.74 Å². The van der Waals surface area contributed by atoms with E-state index < -0.39 is 0 Å². The van der Waals surface area contributed by atoms with E-state index in [1.54, 1.807) is 13.0 Å². The highest BCUT2D eigenvalue weighted by Gasteiger charge is 2.18. The van der Waals surface area contributed by atoms with E-state index >= 15 is 0 Å². The number of hydrogen-bond donors (Lipinski definition) is 1. The Morgan fingerprint density at radius 3 is 2.73 bits per heavy atom. The van der Waals surface area contributed by atoms with Crippen LogP contribution < -0.4 is 0 Å². The third-order valence-electron chi connectivity index (χ3n) is 3.34. The Bertz CT molecular complexity index is 840. The lowest BCUT2D eigenvalue weighted by molar-refractivity contribution is 0.0528. The van der Waals surface area contributed by atoms with Crippen molar-refractivity contribution >= 4 is 32.9 Å². The Labute approximate surface area is 135 Å². The predicted octanol–water partition coefficient (Wildman–Crippen LogP) is 3.87. The molecule has 0 amide bonds. The largest absolute Gasteiger partial charge is 0.462 e. The zero-order valence-corrected chi connectivity index (χ0v) is 13.8. The fraction of sp³-hybridized carbons (Fsp3) is 0.188. The summed E-state index contributed by atoms with van der Waals surface area (Å²) in [6.45, 7) is 3.97. The first-order valence-electron chi connectivity index (χ1n) is 6.89. The number of carbonyl (C=O) groups is 1. The fourth-order valence-corrected chi connectivity index (χ4v) is 2.58. The summed E-state index contributed by atoms with van der Waals surface area (Å²) >= 11 is 3.41. The molecule has 2 heterocycles. The molecule has 2 aromatic heterocycles. The first kappa shape index (κ1) is 14.7. The van der Waals surface area contributed by atoms with Gasteiger partial charge in [-0.25, -0.2) is 9.78 Å². The number of rotatable bonds is 3. The van der Waals surface area contributed by atoms with Crippen molar-refractivity contribution in [2.75, 3.05) is 6.61 Å². The number of halogens is 1. The topological polar surface area (TPSA) is 67.9 Å². The maximum Gasteiger partial charge on any atom is 0.339 e. The van der Waals surface area contributed by atoms with Crippen LogP contribution in [-0.4, -0.2) is 27.8 Å². The number of pyridine rings is 1. The molecule has 5 nitrogen and oxygen atoms in total. The molecule has 0 radical (unpaired) electrons. The van der Waals surface area contributed by atoms with Gasteiger partial charge in [0, 0.05) is 15.7 Å². The summed E-state index contributed by atoms with van der Waals surface area (Å²) in [5.74, 6) is -0.363. The van der Waals surface area contributed by atoms with Crippen LogP contribution in [0.4, 0.5) is 0 Å². The third-order valence-corrected chi connectivity index (χ3v) is 3.87. The molecule has 0 atom stereocenters. The minimum atomic E-state index is -0.363. The van der Waals surface area contributed by atoms with Gasteiger partial charge < -0.3 is 4.74 Å².